The standard InChI is InChI=1S/C24H22ClN3OS/c1-2-28(18-8-4-3-5-9-18)15-14-26-24(29)17-12-13-22-20(16-17)27-23(25)19-10-6-7-11-21(19)30-22/h3-13,16H,2,14-15H2,1H3,(H,26,29). The number of benzene rings is 3. The van der Waals surface area contributed by atoms with Crippen molar-refractivity contribution < 1.29 is 4.79 Å². The number of fused-ring (bicyclic) bond motifs is 2. The molecule has 1 N–H and O–H groups in total. The Kier molecular flexibility index (Phi) is 6.41. The smallest absolute Gasteiger partial charge is 0.251 e. The van der Waals surface area contributed by atoms with Crippen LogP contribution in [-0.2, 0) is 0 Å². The maximum absolute atomic E-state index is 12.7. The van der Waals surface area contributed by atoms with Crippen molar-refractivity contribution in [1.82, 2.24) is 5.32 Å². The fourth-order valence-corrected chi connectivity index (χ4v) is 4.67. The molecule has 0 fully saturated rings. The minimum Gasteiger partial charge on any atom is -0.370 e. The number of carbonyl (C=O) groups is 1. The van der Waals surface area contributed by atoms with Crippen LogP contribution in [0.25, 0.3) is 0 Å². The number of para-hydroxylation sites is 1. The molecule has 3 aromatic carbocycles. The van der Waals surface area contributed by atoms with E-state index in [4.69, 9.17) is 11.6 Å². The van der Waals surface area contributed by atoms with Gasteiger partial charge in [0.2, 0.25) is 0 Å². The van der Waals surface area contributed by atoms with Gasteiger partial charge in [-0.3, -0.25) is 4.79 Å². The highest BCUT2D eigenvalue weighted by Crippen LogP contribution is 2.41. The summed E-state index contributed by atoms with van der Waals surface area (Å²) in [6, 6.07) is 23.7. The number of amides is 1. The largest absolute Gasteiger partial charge is 0.370 e. The molecule has 0 atom stereocenters. The Hall–Kier alpha value is -2.76. The highest BCUT2D eigenvalue weighted by atomic mass is 35.5. The molecule has 0 spiro atoms. The summed E-state index contributed by atoms with van der Waals surface area (Å²) in [5, 5.41) is 3.46. The van der Waals surface area contributed by atoms with Crippen LogP contribution in [0, 0.1) is 0 Å². The van der Waals surface area contributed by atoms with Gasteiger partial charge in [-0.05, 0) is 43.3 Å². The summed E-state index contributed by atoms with van der Waals surface area (Å²) < 4.78 is 0. The minimum absolute atomic E-state index is 0.111. The normalized spacial score (nSPS) is 12.3. The molecule has 30 heavy (non-hydrogen) atoms. The van der Waals surface area contributed by atoms with Crippen LogP contribution in [0.5, 0.6) is 0 Å². The van der Waals surface area contributed by atoms with E-state index in [0.29, 0.717) is 23.0 Å². The predicted molar refractivity (Wildman–Crippen MR) is 126 cm³/mol. The van der Waals surface area contributed by atoms with Crippen molar-refractivity contribution in [2.24, 2.45) is 4.99 Å². The SMILES string of the molecule is CCN(CCNC(=O)c1ccc2c(c1)N=C(Cl)c1ccccc1S2)c1ccccc1. The number of nitrogens with zero attached hydrogens (tertiary/aromatic N) is 2. The lowest BCUT2D eigenvalue weighted by atomic mass is 10.2. The second-order valence-electron chi connectivity index (χ2n) is 6.85. The third kappa shape index (κ3) is 4.53. The molecule has 0 radical (unpaired) electrons. The third-order valence-electron chi connectivity index (χ3n) is 4.94. The van der Waals surface area contributed by atoms with E-state index in [0.717, 1.165) is 34.1 Å². The van der Waals surface area contributed by atoms with Gasteiger partial charge in [0.05, 0.1) is 5.69 Å². The van der Waals surface area contributed by atoms with Crippen molar-refractivity contribution in [2.45, 2.75) is 16.7 Å². The van der Waals surface area contributed by atoms with Crippen molar-refractivity contribution in [3.8, 4) is 0 Å². The maximum Gasteiger partial charge on any atom is 0.251 e. The van der Waals surface area contributed by atoms with E-state index in [1.165, 1.54) is 0 Å². The third-order valence-corrected chi connectivity index (χ3v) is 6.37. The molecule has 4 nitrogen and oxygen atoms in total. The van der Waals surface area contributed by atoms with Crippen LogP contribution in [0.3, 0.4) is 0 Å². The summed E-state index contributed by atoms with van der Waals surface area (Å²) in [5.41, 5.74) is 3.36. The Bertz CT molecular complexity index is 1080. The number of anilines is 1. The van der Waals surface area contributed by atoms with Crippen molar-refractivity contribution in [2.75, 3.05) is 24.5 Å². The molecule has 0 saturated carbocycles. The molecule has 3 aromatic rings. The monoisotopic (exact) mass is 435 g/mol. The number of nitrogens with one attached hydrogen (secondary N) is 1. The Balaban J connectivity index is 1.45. The van der Waals surface area contributed by atoms with Crippen LogP contribution < -0.4 is 10.2 Å². The van der Waals surface area contributed by atoms with Crippen LogP contribution in [-0.4, -0.2) is 30.7 Å². The van der Waals surface area contributed by atoms with Crippen LogP contribution >= 0.6 is 23.4 Å². The van der Waals surface area contributed by atoms with E-state index >= 15 is 0 Å². The highest BCUT2D eigenvalue weighted by Gasteiger charge is 2.17. The van der Waals surface area contributed by atoms with Gasteiger partial charge in [-0.1, -0.05) is 59.8 Å². The Morgan fingerprint density at radius 2 is 1.80 bits per heavy atom. The fourth-order valence-electron chi connectivity index (χ4n) is 3.36. The molecule has 1 aliphatic rings. The molecule has 0 aliphatic carbocycles. The summed E-state index contributed by atoms with van der Waals surface area (Å²) in [5.74, 6) is -0.111. The van der Waals surface area contributed by atoms with E-state index in [-0.39, 0.29) is 5.91 Å². The van der Waals surface area contributed by atoms with Gasteiger partial charge in [0, 0.05) is 46.2 Å². The van der Waals surface area contributed by atoms with Crippen LogP contribution in [0.2, 0.25) is 0 Å². The van der Waals surface area contributed by atoms with Gasteiger partial charge >= 0.3 is 0 Å². The first-order valence-corrected chi connectivity index (χ1v) is 11.1. The number of rotatable bonds is 6. The van der Waals surface area contributed by atoms with Crippen molar-refractivity contribution in [3.63, 3.8) is 0 Å². The Morgan fingerprint density at radius 1 is 1.03 bits per heavy atom. The van der Waals surface area contributed by atoms with Gasteiger partial charge in [0.15, 0.2) is 0 Å². The number of hydrogen-bond acceptors (Lipinski definition) is 4. The molecule has 1 aliphatic heterocycles. The second-order valence-corrected chi connectivity index (χ2v) is 8.30. The molecular weight excluding hydrogens is 414 g/mol. The van der Waals surface area contributed by atoms with Crippen LogP contribution in [0.1, 0.15) is 22.8 Å². The topological polar surface area (TPSA) is 44.7 Å². The van der Waals surface area contributed by atoms with Crippen molar-refractivity contribution >= 4 is 45.8 Å². The number of hydrogen-bond donors (Lipinski definition) is 1. The molecule has 0 bridgehead atoms. The zero-order valence-corrected chi connectivity index (χ0v) is 18.2. The first-order chi connectivity index (χ1) is 14.7. The highest BCUT2D eigenvalue weighted by molar-refractivity contribution is 7.99. The van der Waals surface area contributed by atoms with E-state index in [1.54, 1.807) is 17.8 Å². The summed E-state index contributed by atoms with van der Waals surface area (Å²) in [6.45, 7) is 4.29. The lowest BCUT2D eigenvalue weighted by molar-refractivity contribution is 0.0954. The average Bonchev–Trinajstić information content (AvgIpc) is 2.92. The molecule has 0 aromatic heterocycles. The van der Waals surface area contributed by atoms with E-state index in [2.05, 4.69) is 34.3 Å². The molecular formula is C24H22ClN3OS. The first kappa shape index (κ1) is 20.5. The molecule has 4 rings (SSSR count). The van der Waals surface area contributed by atoms with Gasteiger partial charge in [0.25, 0.3) is 5.91 Å². The lowest BCUT2D eigenvalue weighted by Gasteiger charge is -2.23. The molecule has 0 unspecified atom stereocenters. The molecule has 6 heteroatoms. The van der Waals surface area contributed by atoms with Crippen molar-refractivity contribution in [3.05, 3.63) is 83.9 Å². The molecule has 0 saturated heterocycles. The first-order valence-electron chi connectivity index (χ1n) is 9.89. The second kappa shape index (κ2) is 9.37. The van der Waals surface area contributed by atoms with E-state index in [1.807, 2.05) is 54.6 Å². The summed E-state index contributed by atoms with van der Waals surface area (Å²) in [7, 11) is 0. The van der Waals surface area contributed by atoms with Gasteiger partial charge in [-0.25, -0.2) is 4.99 Å². The molecule has 152 valence electrons. The molecule has 1 amide bonds. The average molecular weight is 436 g/mol. The zero-order valence-electron chi connectivity index (χ0n) is 16.6. The Morgan fingerprint density at radius 3 is 2.60 bits per heavy atom. The summed E-state index contributed by atoms with van der Waals surface area (Å²) >= 11 is 8.05. The van der Waals surface area contributed by atoms with Crippen LogP contribution in [0.4, 0.5) is 11.4 Å². The molecule has 1 heterocycles. The minimum atomic E-state index is -0.111. The predicted octanol–water partition coefficient (Wildman–Crippen LogP) is 5.72. The van der Waals surface area contributed by atoms with Crippen LogP contribution in [0.15, 0.2) is 87.6 Å². The Labute approximate surface area is 186 Å². The van der Waals surface area contributed by atoms with E-state index in [9.17, 15) is 4.79 Å². The summed E-state index contributed by atoms with van der Waals surface area (Å²) in [4.78, 5) is 21.5. The number of carbonyl (C=O) groups excluding carboxylic acids is 1. The number of aliphatic imine (C=N–C) groups is 1. The van der Waals surface area contributed by atoms with Gasteiger partial charge in [-0.15, -0.1) is 0 Å². The number of halogens is 1. The lowest BCUT2D eigenvalue weighted by Crippen LogP contribution is -2.34. The van der Waals surface area contributed by atoms with E-state index < -0.39 is 0 Å². The van der Waals surface area contributed by atoms with Gasteiger partial charge in [0.1, 0.15) is 5.17 Å². The maximum atomic E-state index is 12.7. The quantitative estimate of drug-likeness (QED) is 0.538. The van der Waals surface area contributed by atoms with Crippen molar-refractivity contribution in [1.29, 1.82) is 0 Å². The number of likely N-dealkylation sites (N-methyl/N-ethyl adjacent to an activating group) is 1. The van der Waals surface area contributed by atoms with Gasteiger partial charge < -0.3 is 10.2 Å². The fraction of sp³-hybridized carbons (Fsp3) is 0.167. The zero-order chi connectivity index (χ0) is 20.9. The summed E-state index contributed by atoms with van der Waals surface area (Å²) in [6.07, 6.45) is 0. The van der Waals surface area contributed by atoms with Gasteiger partial charge in [-0.2, -0.15) is 0 Å².